The van der Waals surface area contributed by atoms with Crippen molar-refractivity contribution < 1.29 is 0 Å². The Balaban J connectivity index is 1.56. The molecule has 20 heavy (non-hydrogen) atoms. The van der Waals surface area contributed by atoms with Crippen LogP contribution in [0.4, 0.5) is 5.82 Å². The minimum atomic E-state index is 0.424. The van der Waals surface area contributed by atoms with E-state index in [1.807, 2.05) is 30.5 Å². The summed E-state index contributed by atoms with van der Waals surface area (Å²) in [4.78, 5) is 9.01. The summed E-state index contributed by atoms with van der Waals surface area (Å²) >= 11 is 0. The van der Waals surface area contributed by atoms with Gasteiger partial charge in [0.25, 0.3) is 0 Å². The van der Waals surface area contributed by atoms with Crippen LogP contribution in [-0.2, 0) is 6.42 Å². The molecule has 0 aromatic carbocycles. The molecule has 0 bridgehead atoms. The van der Waals surface area contributed by atoms with E-state index in [1.54, 1.807) is 0 Å². The van der Waals surface area contributed by atoms with Gasteiger partial charge in [-0.3, -0.25) is 4.98 Å². The third-order valence-corrected chi connectivity index (χ3v) is 3.60. The topological polar surface area (TPSA) is 49.8 Å². The van der Waals surface area contributed by atoms with Crippen molar-refractivity contribution >= 4 is 5.82 Å². The Morgan fingerprint density at radius 1 is 1.20 bits per heavy atom. The van der Waals surface area contributed by atoms with Crippen LogP contribution in [-0.4, -0.2) is 23.1 Å². The molecule has 4 heteroatoms. The van der Waals surface area contributed by atoms with Crippen molar-refractivity contribution in [2.45, 2.75) is 25.3 Å². The molecule has 1 fully saturated rings. The molecule has 2 aromatic heterocycles. The maximum atomic E-state index is 4.69. The third-order valence-electron chi connectivity index (χ3n) is 3.60. The van der Waals surface area contributed by atoms with E-state index in [-0.39, 0.29) is 0 Å². The van der Waals surface area contributed by atoms with Crippen LogP contribution in [0.25, 0.3) is 0 Å². The van der Waals surface area contributed by atoms with Crippen LogP contribution in [0.3, 0.4) is 0 Å². The average molecular weight is 268 g/mol. The van der Waals surface area contributed by atoms with E-state index in [1.165, 1.54) is 12.8 Å². The molecular weight excluding hydrogens is 248 g/mol. The van der Waals surface area contributed by atoms with Crippen molar-refractivity contribution in [2.24, 2.45) is 0 Å². The minimum absolute atomic E-state index is 0.424. The quantitative estimate of drug-likeness (QED) is 0.875. The lowest BCUT2D eigenvalue weighted by Gasteiger charge is -2.12. The van der Waals surface area contributed by atoms with E-state index in [0.29, 0.717) is 6.04 Å². The van der Waals surface area contributed by atoms with Gasteiger partial charge in [0.1, 0.15) is 5.82 Å². The summed E-state index contributed by atoms with van der Waals surface area (Å²) in [6.45, 7) is 1.95. The predicted molar refractivity (Wildman–Crippen MR) is 80.6 cm³/mol. The van der Waals surface area contributed by atoms with Crippen molar-refractivity contribution in [3.8, 4) is 0 Å². The van der Waals surface area contributed by atoms with Crippen molar-refractivity contribution in [3.63, 3.8) is 0 Å². The van der Waals surface area contributed by atoms with Gasteiger partial charge in [-0.15, -0.1) is 0 Å². The van der Waals surface area contributed by atoms with Crippen LogP contribution in [0.2, 0.25) is 0 Å². The number of rotatable bonds is 5. The first kappa shape index (κ1) is 13.1. The number of nitrogens with one attached hydrogen (secondary N) is 2. The number of nitrogens with zero attached hydrogens (tertiary/aromatic N) is 2. The van der Waals surface area contributed by atoms with Gasteiger partial charge in [0, 0.05) is 30.9 Å². The second kappa shape index (κ2) is 6.48. The lowest BCUT2D eigenvalue weighted by Crippen LogP contribution is -2.15. The van der Waals surface area contributed by atoms with Gasteiger partial charge in [0.15, 0.2) is 0 Å². The first-order valence-electron chi connectivity index (χ1n) is 7.26. The van der Waals surface area contributed by atoms with E-state index in [9.17, 15) is 0 Å². The molecule has 0 amide bonds. The number of anilines is 1. The van der Waals surface area contributed by atoms with Gasteiger partial charge in [0.05, 0.1) is 5.69 Å². The molecule has 1 saturated heterocycles. The van der Waals surface area contributed by atoms with Gasteiger partial charge in [-0.1, -0.05) is 12.1 Å². The van der Waals surface area contributed by atoms with E-state index in [4.69, 9.17) is 4.98 Å². The molecule has 1 unspecified atom stereocenters. The van der Waals surface area contributed by atoms with Gasteiger partial charge >= 0.3 is 0 Å². The molecular formula is C16H20N4. The zero-order valence-corrected chi connectivity index (χ0v) is 11.5. The number of hydrogen-bond acceptors (Lipinski definition) is 4. The van der Waals surface area contributed by atoms with Gasteiger partial charge in [-0.25, -0.2) is 4.98 Å². The van der Waals surface area contributed by atoms with Crippen molar-refractivity contribution in [1.29, 1.82) is 0 Å². The third kappa shape index (κ3) is 3.33. The molecule has 0 spiro atoms. The zero-order valence-electron chi connectivity index (χ0n) is 11.5. The van der Waals surface area contributed by atoms with E-state index < -0.39 is 0 Å². The highest BCUT2D eigenvalue weighted by Gasteiger charge is 2.17. The standard InChI is InChI=1S/C16H20N4/c1-2-10-17-13(5-1)9-12-19-16-8-3-6-15(20-16)14-7-4-11-18-14/h1-3,5-6,8,10,14,18H,4,7,9,11-12H2,(H,19,20). The Morgan fingerprint density at radius 3 is 3.00 bits per heavy atom. The fourth-order valence-corrected chi connectivity index (χ4v) is 2.55. The Bertz CT molecular complexity index is 535. The summed E-state index contributed by atoms with van der Waals surface area (Å²) in [5, 5.41) is 6.86. The smallest absolute Gasteiger partial charge is 0.126 e. The molecule has 0 radical (unpaired) electrons. The van der Waals surface area contributed by atoms with E-state index in [2.05, 4.69) is 27.8 Å². The van der Waals surface area contributed by atoms with Crippen LogP contribution in [0, 0.1) is 0 Å². The fraction of sp³-hybridized carbons (Fsp3) is 0.375. The average Bonchev–Trinajstić information content (AvgIpc) is 3.03. The summed E-state index contributed by atoms with van der Waals surface area (Å²) in [6, 6.07) is 12.6. The lowest BCUT2D eigenvalue weighted by atomic mass is 10.1. The summed E-state index contributed by atoms with van der Waals surface area (Å²) in [7, 11) is 0. The molecule has 1 aliphatic rings. The summed E-state index contributed by atoms with van der Waals surface area (Å²) in [5.41, 5.74) is 2.25. The highest BCUT2D eigenvalue weighted by Crippen LogP contribution is 2.22. The Morgan fingerprint density at radius 2 is 2.20 bits per heavy atom. The van der Waals surface area contributed by atoms with Crippen LogP contribution >= 0.6 is 0 Å². The number of hydrogen-bond donors (Lipinski definition) is 2. The lowest BCUT2D eigenvalue weighted by molar-refractivity contribution is 0.628. The van der Waals surface area contributed by atoms with Gasteiger partial charge in [-0.2, -0.15) is 0 Å². The van der Waals surface area contributed by atoms with Gasteiger partial charge < -0.3 is 10.6 Å². The van der Waals surface area contributed by atoms with Crippen molar-refractivity contribution in [2.75, 3.05) is 18.4 Å². The Hall–Kier alpha value is -1.94. The van der Waals surface area contributed by atoms with Crippen LogP contribution < -0.4 is 10.6 Å². The molecule has 3 rings (SSSR count). The predicted octanol–water partition coefficient (Wildman–Crippen LogP) is 2.56. The Labute approximate surface area is 119 Å². The normalized spacial score (nSPS) is 18.1. The maximum Gasteiger partial charge on any atom is 0.126 e. The van der Waals surface area contributed by atoms with Gasteiger partial charge in [-0.05, 0) is 43.7 Å². The monoisotopic (exact) mass is 268 g/mol. The highest BCUT2D eigenvalue weighted by atomic mass is 15.0. The van der Waals surface area contributed by atoms with Crippen molar-refractivity contribution in [1.82, 2.24) is 15.3 Å². The summed E-state index contributed by atoms with van der Waals surface area (Å²) in [6.07, 6.45) is 5.17. The minimum Gasteiger partial charge on any atom is -0.370 e. The largest absolute Gasteiger partial charge is 0.370 e. The first-order valence-corrected chi connectivity index (χ1v) is 7.26. The molecule has 4 nitrogen and oxygen atoms in total. The molecule has 1 atom stereocenters. The molecule has 0 aliphatic carbocycles. The van der Waals surface area contributed by atoms with Gasteiger partial charge in [0.2, 0.25) is 0 Å². The summed E-state index contributed by atoms with van der Waals surface area (Å²) in [5.74, 6) is 0.951. The molecule has 1 aliphatic heterocycles. The zero-order chi connectivity index (χ0) is 13.6. The molecule has 0 saturated carbocycles. The van der Waals surface area contributed by atoms with Crippen LogP contribution in [0.5, 0.6) is 0 Å². The summed E-state index contributed by atoms with van der Waals surface area (Å²) < 4.78 is 0. The molecule has 2 aromatic rings. The van der Waals surface area contributed by atoms with Crippen LogP contribution in [0.15, 0.2) is 42.6 Å². The second-order valence-corrected chi connectivity index (χ2v) is 5.09. The van der Waals surface area contributed by atoms with E-state index >= 15 is 0 Å². The Kier molecular flexibility index (Phi) is 4.23. The second-order valence-electron chi connectivity index (χ2n) is 5.09. The van der Waals surface area contributed by atoms with Crippen molar-refractivity contribution in [3.05, 3.63) is 54.0 Å². The fourth-order valence-electron chi connectivity index (χ4n) is 2.55. The van der Waals surface area contributed by atoms with Crippen LogP contribution in [0.1, 0.15) is 30.3 Å². The molecule has 104 valence electrons. The SMILES string of the molecule is c1ccc(CCNc2cccc(C3CCCN3)n2)nc1. The maximum absolute atomic E-state index is 4.69. The number of pyridine rings is 2. The molecule has 2 N–H and O–H groups in total. The molecule has 3 heterocycles. The van der Waals surface area contributed by atoms with E-state index in [0.717, 1.165) is 36.7 Å². The number of aromatic nitrogens is 2. The highest BCUT2D eigenvalue weighted by molar-refractivity contribution is 5.36. The first-order chi connectivity index (χ1) is 9.92.